The second-order valence-electron chi connectivity index (χ2n) is 6.25. The summed E-state index contributed by atoms with van der Waals surface area (Å²) in [5, 5.41) is 2.83. The van der Waals surface area contributed by atoms with Crippen LogP contribution in [-0.2, 0) is 9.59 Å². The van der Waals surface area contributed by atoms with Crippen molar-refractivity contribution in [3.63, 3.8) is 0 Å². The van der Waals surface area contributed by atoms with Gasteiger partial charge in [-0.15, -0.1) is 0 Å². The molecule has 26 heavy (non-hydrogen) atoms. The normalized spacial score (nSPS) is 20.3. The molecule has 3 heterocycles. The molecule has 2 aliphatic rings. The number of thioether (sulfide) groups is 1. The molecule has 0 aromatic carbocycles. The van der Waals surface area contributed by atoms with Gasteiger partial charge >= 0.3 is 17.8 Å². The van der Waals surface area contributed by atoms with Gasteiger partial charge in [0.05, 0.1) is 18.6 Å². The van der Waals surface area contributed by atoms with Gasteiger partial charge < -0.3 is 14.6 Å². The summed E-state index contributed by atoms with van der Waals surface area (Å²) in [4.78, 5) is 41.4. The Bertz CT molecular complexity index is 645. The highest BCUT2D eigenvalue weighted by Gasteiger charge is 2.35. The summed E-state index contributed by atoms with van der Waals surface area (Å²) in [6.45, 7) is 5.11. The van der Waals surface area contributed by atoms with E-state index < -0.39 is 17.8 Å². The zero-order valence-electron chi connectivity index (χ0n) is 14.8. The zero-order chi connectivity index (χ0) is 18.5. The van der Waals surface area contributed by atoms with Crippen molar-refractivity contribution in [2.45, 2.75) is 13.0 Å². The number of carbonyl (C=O) groups is 3. The van der Waals surface area contributed by atoms with Crippen LogP contribution in [0, 0.1) is 0 Å². The molecule has 8 nitrogen and oxygen atoms in total. The van der Waals surface area contributed by atoms with Gasteiger partial charge in [-0.05, 0) is 13.0 Å². The Morgan fingerprint density at radius 2 is 2.00 bits per heavy atom. The van der Waals surface area contributed by atoms with Crippen LogP contribution in [0.5, 0.6) is 0 Å². The van der Waals surface area contributed by atoms with Crippen molar-refractivity contribution in [3.05, 3.63) is 24.2 Å². The van der Waals surface area contributed by atoms with Gasteiger partial charge in [0.2, 0.25) is 0 Å². The molecule has 1 aromatic rings. The summed E-state index contributed by atoms with van der Waals surface area (Å²) >= 11 is 1.92. The third-order valence-electron chi connectivity index (χ3n) is 4.80. The van der Waals surface area contributed by atoms with Gasteiger partial charge in [-0.25, -0.2) is 4.79 Å². The first-order chi connectivity index (χ1) is 12.6. The number of urea groups is 1. The second-order valence-corrected chi connectivity index (χ2v) is 7.47. The number of imide groups is 1. The molecule has 0 aliphatic carbocycles. The third kappa shape index (κ3) is 4.04. The molecule has 1 N–H and O–H groups in total. The molecular weight excluding hydrogens is 356 g/mol. The molecule has 2 fully saturated rings. The van der Waals surface area contributed by atoms with E-state index in [-0.39, 0.29) is 12.6 Å². The smallest absolute Gasteiger partial charge is 0.324 e. The average Bonchev–Trinajstić information content (AvgIpc) is 3.19. The fraction of sp³-hybridized carbons (Fsp3) is 0.588. The van der Waals surface area contributed by atoms with Crippen LogP contribution in [0.4, 0.5) is 4.79 Å². The minimum Gasteiger partial charge on any atom is -0.472 e. The predicted molar refractivity (Wildman–Crippen MR) is 97.7 cm³/mol. The lowest BCUT2D eigenvalue weighted by Gasteiger charge is -2.35. The largest absolute Gasteiger partial charge is 0.472 e. The Hall–Kier alpha value is -2.00. The lowest BCUT2D eigenvalue weighted by molar-refractivity contribution is -0.153. The maximum atomic E-state index is 12.5. The predicted octanol–water partition coefficient (Wildman–Crippen LogP) is 0.770. The standard InChI is InChI=1S/C17H24N4O4S/c1-2-19-4-5-21(16(23)15(19)22)17(24)18-11-14(13-3-8-25-12-13)20-6-9-26-10-7-20/h3,8,12,14H,2,4-7,9-11H2,1H3,(H,18,24)/t14-/m1/s1. The highest BCUT2D eigenvalue weighted by Crippen LogP contribution is 2.24. The van der Waals surface area contributed by atoms with Crippen molar-refractivity contribution in [2.75, 3.05) is 50.8 Å². The Kier molecular flexibility index (Phi) is 6.20. The van der Waals surface area contributed by atoms with Crippen molar-refractivity contribution in [3.8, 4) is 0 Å². The van der Waals surface area contributed by atoms with E-state index >= 15 is 0 Å². The monoisotopic (exact) mass is 380 g/mol. The zero-order valence-corrected chi connectivity index (χ0v) is 15.7. The van der Waals surface area contributed by atoms with Crippen molar-refractivity contribution >= 4 is 29.6 Å². The number of amides is 4. The molecule has 0 unspecified atom stereocenters. The molecule has 1 aromatic heterocycles. The first-order valence-electron chi connectivity index (χ1n) is 8.84. The molecule has 0 radical (unpaired) electrons. The van der Waals surface area contributed by atoms with E-state index in [1.165, 1.54) is 4.90 Å². The lowest BCUT2D eigenvalue weighted by atomic mass is 10.1. The molecule has 0 saturated carbocycles. The number of nitrogens with zero attached hydrogens (tertiary/aromatic N) is 3. The fourth-order valence-electron chi connectivity index (χ4n) is 3.26. The van der Waals surface area contributed by atoms with Crippen molar-refractivity contribution < 1.29 is 18.8 Å². The summed E-state index contributed by atoms with van der Waals surface area (Å²) < 4.78 is 5.21. The van der Waals surface area contributed by atoms with Gasteiger partial charge in [-0.1, -0.05) is 0 Å². The minimum absolute atomic E-state index is 0.0127. The molecule has 2 saturated heterocycles. The van der Waals surface area contributed by atoms with E-state index in [0.29, 0.717) is 19.6 Å². The summed E-state index contributed by atoms with van der Waals surface area (Å²) in [5.41, 5.74) is 0.996. The molecule has 3 rings (SSSR count). The van der Waals surface area contributed by atoms with Crippen molar-refractivity contribution in [2.24, 2.45) is 0 Å². The van der Waals surface area contributed by atoms with Crippen molar-refractivity contribution in [1.82, 2.24) is 20.0 Å². The van der Waals surface area contributed by atoms with Crippen LogP contribution in [0.3, 0.4) is 0 Å². The highest BCUT2D eigenvalue weighted by molar-refractivity contribution is 7.99. The molecular formula is C17H24N4O4S. The Labute approximate surface area is 156 Å². The van der Waals surface area contributed by atoms with Crippen LogP contribution in [-0.4, -0.2) is 83.3 Å². The number of carbonyl (C=O) groups excluding carboxylic acids is 3. The number of hydrogen-bond acceptors (Lipinski definition) is 6. The van der Waals surface area contributed by atoms with Crippen LogP contribution >= 0.6 is 11.8 Å². The number of nitrogens with one attached hydrogen (secondary N) is 1. The lowest BCUT2D eigenvalue weighted by Crippen LogP contribution is -2.58. The van der Waals surface area contributed by atoms with E-state index in [4.69, 9.17) is 4.42 Å². The number of piperazine rings is 1. The quantitative estimate of drug-likeness (QED) is 0.760. The van der Waals surface area contributed by atoms with Crippen molar-refractivity contribution in [1.29, 1.82) is 0 Å². The molecule has 142 valence electrons. The van der Waals surface area contributed by atoms with Crippen LogP contribution < -0.4 is 5.32 Å². The minimum atomic E-state index is -0.759. The number of hydrogen-bond donors (Lipinski definition) is 1. The topological polar surface area (TPSA) is 86.1 Å². The van der Waals surface area contributed by atoms with E-state index in [1.807, 2.05) is 24.8 Å². The summed E-state index contributed by atoms with van der Waals surface area (Å²) in [6.07, 6.45) is 3.31. The third-order valence-corrected chi connectivity index (χ3v) is 5.74. The Morgan fingerprint density at radius 3 is 2.65 bits per heavy atom. The molecule has 0 bridgehead atoms. The van der Waals surface area contributed by atoms with E-state index in [2.05, 4.69) is 10.2 Å². The van der Waals surface area contributed by atoms with Gasteiger partial charge in [0.15, 0.2) is 0 Å². The van der Waals surface area contributed by atoms with Gasteiger partial charge in [0, 0.05) is 56.3 Å². The van der Waals surface area contributed by atoms with Crippen LogP contribution in [0.15, 0.2) is 23.0 Å². The van der Waals surface area contributed by atoms with Gasteiger partial charge in [0.25, 0.3) is 0 Å². The second kappa shape index (κ2) is 8.59. The SMILES string of the molecule is CCN1CCN(C(=O)NC[C@H](c2ccoc2)N2CCSCC2)C(=O)C1=O. The summed E-state index contributed by atoms with van der Waals surface area (Å²) in [7, 11) is 0. The Balaban J connectivity index is 1.62. The summed E-state index contributed by atoms with van der Waals surface area (Å²) in [6, 6.07) is 1.37. The molecule has 2 aliphatic heterocycles. The van der Waals surface area contributed by atoms with Gasteiger partial charge in [0.1, 0.15) is 0 Å². The number of likely N-dealkylation sites (N-methyl/N-ethyl adjacent to an activating group) is 1. The average molecular weight is 380 g/mol. The van der Waals surface area contributed by atoms with E-state index in [9.17, 15) is 14.4 Å². The molecule has 1 atom stereocenters. The fourth-order valence-corrected chi connectivity index (χ4v) is 4.19. The molecule has 9 heteroatoms. The van der Waals surface area contributed by atoms with Gasteiger partial charge in [-0.3, -0.25) is 19.4 Å². The first-order valence-corrected chi connectivity index (χ1v) is 9.99. The first kappa shape index (κ1) is 18.8. The van der Waals surface area contributed by atoms with Gasteiger partial charge in [-0.2, -0.15) is 11.8 Å². The maximum Gasteiger partial charge on any atom is 0.324 e. The Morgan fingerprint density at radius 1 is 1.23 bits per heavy atom. The summed E-state index contributed by atoms with van der Waals surface area (Å²) in [5.74, 6) is 0.723. The highest BCUT2D eigenvalue weighted by atomic mass is 32.2. The maximum absolute atomic E-state index is 12.5. The van der Waals surface area contributed by atoms with Crippen LogP contribution in [0.25, 0.3) is 0 Å². The van der Waals surface area contributed by atoms with E-state index in [1.54, 1.807) is 12.5 Å². The number of furan rings is 1. The molecule has 0 spiro atoms. The van der Waals surface area contributed by atoms with Crippen LogP contribution in [0.2, 0.25) is 0 Å². The number of rotatable bonds is 5. The van der Waals surface area contributed by atoms with E-state index in [0.717, 1.165) is 35.1 Å². The van der Waals surface area contributed by atoms with Crippen LogP contribution in [0.1, 0.15) is 18.5 Å². The molecule has 4 amide bonds.